The number of pyridine rings is 1. The fraction of sp³-hybridized carbons (Fsp3) is 0.500. The number of ether oxygens (including phenoxy) is 1. The molecule has 4 nitrogen and oxygen atoms in total. The smallest absolute Gasteiger partial charge is 0.255 e. The Morgan fingerprint density at radius 3 is 2.92 bits per heavy atom. The molecular formula is C20H26N2O2. The van der Waals surface area contributed by atoms with Gasteiger partial charge in [0.2, 0.25) is 0 Å². The minimum absolute atomic E-state index is 0.0516. The van der Waals surface area contributed by atoms with Gasteiger partial charge in [-0.2, -0.15) is 0 Å². The van der Waals surface area contributed by atoms with Crippen LogP contribution in [0.1, 0.15) is 47.3 Å². The van der Waals surface area contributed by atoms with Crippen LogP contribution in [-0.4, -0.2) is 42.1 Å². The summed E-state index contributed by atoms with van der Waals surface area (Å²) >= 11 is 0. The van der Waals surface area contributed by atoms with E-state index in [0.717, 1.165) is 49.0 Å². The van der Waals surface area contributed by atoms with Gasteiger partial charge in [0, 0.05) is 25.6 Å². The van der Waals surface area contributed by atoms with Crippen molar-refractivity contribution < 1.29 is 9.53 Å². The Hall–Kier alpha value is -1.94. The third-order valence-corrected chi connectivity index (χ3v) is 4.78. The van der Waals surface area contributed by atoms with E-state index in [4.69, 9.17) is 4.74 Å². The van der Waals surface area contributed by atoms with Crippen LogP contribution in [0.3, 0.4) is 0 Å². The summed E-state index contributed by atoms with van der Waals surface area (Å²) in [6.07, 6.45) is 4.73. The lowest BCUT2D eigenvalue weighted by Gasteiger charge is -2.19. The average Bonchev–Trinajstić information content (AvgIpc) is 3.07. The third-order valence-electron chi connectivity index (χ3n) is 4.78. The lowest BCUT2D eigenvalue weighted by atomic mass is 10.1. The van der Waals surface area contributed by atoms with Crippen LogP contribution in [0, 0.1) is 13.8 Å². The number of carbonyl (C=O) groups excluding carboxylic acids is 1. The molecule has 1 aromatic heterocycles. The Morgan fingerprint density at radius 2 is 2.17 bits per heavy atom. The minimum atomic E-state index is 0.0516. The summed E-state index contributed by atoms with van der Waals surface area (Å²) in [5, 5.41) is 1.02. The van der Waals surface area contributed by atoms with Crippen LogP contribution in [0.4, 0.5) is 0 Å². The van der Waals surface area contributed by atoms with E-state index in [1.165, 1.54) is 12.0 Å². The molecule has 1 fully saturated rings. The summed E-state index contributed by atoms with van der Waals surface area (Å²) in [7, 11) is 1.87. The van der Waals surface area contributed by atoms with Crippen molar-refractivity contribution in [1.29, 1.82) is 0 Å². The van der Waals surface area contributed by atoms with Gasteiger partial charge in [-0.1, -0.05) is 11.6 Å². The number of hydrogen-bond donors (Lipinski definition) is 0. The quantitative estimate of drug-likeness (QED) is 0.837. The largest absolute Gasteiger partial charge is 0.378 e. The van der Waals surface area contributed by atoms with Gasteiger partial charge in [0.25, 0.3) is 5.91 Å². The van der Waals surface area contributed by atoms with Crippen LogP contribution in [0.2, 0.25) is 0 Å². The van der Waals surface area contributed by atoms with E-state index >= 15 is 0 Å². The summed E-state index contributed by atoms with van der Waals surface area (Å²) in [5.74, 6) is 0.0516. The van der Waals surface area contributed by atoms with Crippen LogP contribution in [0.15, 0.2) is 24.3 Å². The number of aryl methyl sites for hydroxylation is 2. The Balaban J connectivity index is 1.68. The molecule has 24 heavy (non-hydrogen) atoms. The zero-order valence-electron chi connectivity index (χ0n) is 14.8. The van der Waals surface area contributed by atoms with Gasteiger partial charge in [0.1, 0.15) is 0 Å². The highest BCUT2D eigenvalue weighted by molar-refractivity contribution is 5.98. The Bertz CT molecular complexity index is 736. The predicted octanol–water partition coefficient (Wildman–Crippen LogP) is 3.88. The van der Waals surface area contributed by atoms with Gasteiger partial charge in [-0.15, -0.1) is 0 Å². The van der Waals surface area contributed by atoms with Crippen LogP contribution in [0.5, 0.6) is 0 Å². The molecule has 1 aromatic carbocycles. The van der Waals surface area contributed by atoms with Crippen molar-refractivity contribution >= 4 is 16.8 Å². The lowest BCUT2D eigenvalue weighted by molar-refractivity contribution is 0.0762. The van der Waals surface area contributed by atoms with Crippen molar-refractivity contribution in [2.24, 2.45) is 0 Å². The van der Waals surface area contributed by atoms with E-state index in [1.807, 2.05) is 32.2 Å². The molecule has 1 amide bonds. The molecule has 1 atom stereocenters. The molecule has 3 rings (SSSR count). The number of amides is 1. The molecular weight excluding hydrogens is 300 g/mol. The van der Waals surface area contributed by atoms with Gasteiger partial charge in [-0.3, -0.25) is 9.78 Å². The second-order valence-corrected chi connectivity index (χ2v) is 6.82. The number of nitrogens with zero attached hydrogens (tertiary/aromatic N) is 2. The first-order valence-corrected chi connectivity index (χ1v) is 8.79. The molecule has 0 radical (unpaired) electrons. The van der Waals surface area contributed by atoms with Crippen LogP contribution < -0.4 is 0 Å². The molecule has 2 aromatic rings. The zero-order chi connectivity index (χ0) is 17.1. The number of carbonyl (C=O) groups is 1. The van der Waals surface area contributed by atoms with Gasteiger partial charge >= 0.3 is 0 Å². The molecule has 1 aliphatic rings. The Labute approximate surface area is 143 Å². The van der Waals surface area contributed by atoms with Crippen molar-refractivity contribution in [1.82, 2.24) is 9.88 Å². The average molecular weight is 326 g/mol. The van der Waals surface area contributed by atoms with Crippen LogP contribution in [-0.2, 0) is 4.74 Å². The van der Waals surface area contributed by atoms with E-state index < -0.39 is 0 Å². The normalized spacial score (nSPS) is 17.4. The summed E-state index contributed by atoms with van der Waals surface area (Å²) in [6.45, 7) is 5.61. The van der Waals surface area contributed by atoms with E-state index in [2.05, 4.69) is 18.0 Å². The third kappa shape index (κ3) is 3.75. The lowest BCUT2D eigenvalue weighted by Crippen LogP contribution is -2.29. The van der Waals surface area contributed by atoms with Gasteiger partial charge in [-0.05, 0) is 57.7 Å². The molecule has 1 aliphatic heterocycles. The minimum Gasteiger partial charge on any atom is -0.378 e. The molecule has 0 aliphatic carbocycles. The SMILES string of the molecule is Cc1ccc2nc(C)c(C(=O)N(C)CCC[C@@H]3CCCO3)cc2c1. The maximum atomic E-state index is 12.8. The van der Waals surface area contributed by atoms with Crippen LogP contribution >= 0.6 is 0 Å². The predicted molar refractivity (Wildman–Crippen MR) is 96.4 cm³/mol. The van der Waals surface area contributed by atoms with Crippen molar-refractivity contribution in [2.75, 3.05) is 20.2 Å². The van der Waals surface area contributed by atoms with Crippen molar-refractivity contribution in [2.45, 2.75) is 45.6 Å². The highest BCUT2D eigenvalue weighted by Crippen LogP contribution is 2.20. The molecule has 0 saturated carbocycles. The molecule has 128 valence electrons. The monoisotopic (exact) mass is 326 g/mol. The fourth-order valence-electron chi connectivity index (χ4n) is 3.34. The van der Waals surface area contributed by atoms with Crippen molar-refractivity contribution in [3.8, 4) is 0 Å². The van der Waals surface area contributed by atoms with E-state index in [0.29, 0.717) is 11.7 Å². The molecule has 4 heteroatoms. The highest BCUT2D eigenvalue weighted by Gasteiger charge is 2.18. The van der Waals surface area contributed by atoms with E-state index in [1.54, 1.807) is 4.90 Å². The Morgan fingerprint density at radius 1 is 1.33 bits per heavy atom. The number of benzene rings is 1. The Kier molecular flexibility index (Phi) is 5.14. The number of hydrogen-bond acceptors (Lipinski definition) is 3. The summed E-state index contributed by atoms with van der Waals surface area (Å²) in [4.78, 5) is 19.2. The van der Waals surface area contributed by atoms with E-state index in [-0.39, 0.29) is 5.91 Å². The van der Waals surface area contributed by atoms with Gasteiger partial charge in [0.05, 0.1) is 22.9 Å². The van der Waals surface area contributed by atoms with Gasteiger partial charge in [0.15, 0.2) is 0 Å². The molecule has 0 N–H and O–H groups in total. The molecule has 0 spiro atoms. The standard InChI is InChI=1S/C20H26N2O2/c1-14-8-9-19-16(12-14)13-18(15(2)21-19)20(23)22(3)10-4-6-17-7-5-11-24-17/h8-9,12-13,17H,4-7,10-11H2,1-3H3/t17-/m1/s1. The van der Waals surface area contributed by atoms with Gasteiger partial charge < -0.3 is 9.64 Å². The van der Waals surface area contributed by atoms with Crippen molar-refractivity contribution in [3.05, 3.63) is 41.1 Å². The second kappa shape index (κ2) is 7.31. The summed E-state index contributed by atoms with van der Waals surface area (Å²) in [5.41, 5.74) is 3.61. The van der Waals surface area contributed by atoms with Crippen LogP contribution in [0.25, 0.3) is 10.9 Å². The number of rotatable bonds is 5. The topological polar surface area (TPSA) is 42.4 Å². The highest BCUT2D eigenvalue weighted by atomic mass is 16.5. The zero-order valence-corrected chi connectivity index (χ0v) is 14.8. The summed E-state index contributed by atoms with van der Waals surface area (Å²) in [6, 6.07) is 8.12. The molecule has 0 unspecified atom stereocenters. The van der Waals surface area contributed by atoms with Gasteiger partial charge in [-0.25, -0.2) is 0 Å². The molecule has 1 saturated heterocycles. The molecule has 2 heterocycles. The first kappa shape index (κ1) is 16.9. The first-order chi connectivity index (χ1) is 11.5. The second-order valence-electron chi connectivity index (χ2n) is 6.82. The summed E-state index contributed by atoms with van der Waals surface area (Å²) < 4.78 is 5.64. The van der Waals surface area contributed by atoms with Crippen molar-refractivity contribution in [3.63, 3.8) is 0 Å². The fourth-order valence-corrected chi connectivity index (χ4v) is 3.34. The maximum absolute atomic E-state index is 12.8. The van der Waals surface area contributed by atoms with E-state index in [9.17, 15) is 4.79 Å². The number of fused-ring (bicyclic) bond motifs is 1. The molecule has 0 bridgehead atoms. The first-order valence-electron chi connectivity index (χ1n) is 8.79. The number of aromatic nitrogens is 1. The maximum Gasteiger partial charge on any atom is 0.255 e.